The first-order valence-corrected chi connectivity index (χ1v) is 2.92. The Bertz CT molecular complexity index is 331. The van der Waals surface area contributed by atoms with Gasteiger partial charge in [-0.15, -0.1) is 4.98 Å². The largest absolute Gasteiger partial charge is 0.361 e. The Hall–Kier alpha value is -1.94. The summed E-state index contributed by atoms with van der Waals surface area (Å²) < 4.78 is 0. The van der Waals surface area contributed by atoms with E-state index in [-0.39, 0.29) is 12.2 Å². The highest BCUT2D eigenvalue weighted by molar-refractivity contribution is 5.35. The van der Waals surface area contributed by atoms with Gasteiger partial charge in [-0.3, -0.25) is 0 Å². The third-order valence-corrected chi connectivity index (χ3v) is 1.08. The van der Waals surface area contributed by atoms with Gasteiger partial charge in [0.15, 0.2) is 0 Å². The lowest BCUT2D eigenvalue weighted by atomic mass is 10.3. The Morgan fingerprint density at radius 2 is 2.45 bits per heavy atom. The zero-order chi connectivity index (χ0) is 8.10. The van der Waals surface area contributed by atoms with Gasteiger partial charge in [-0.1, -0.05) is 6.57 Å². The topological polar surface area (TPSA) is 53.9 Å². The van der Waals surface area contributed by atoms with E-state index in [2.05, 4.69) is 14.8 Å². The van der Waals surface area contributed by atoms with E-state index in [1.54, 1.807) is 0 Å². The second kappa shape index (κ2) is 3.28. The third kappa shape index (κ3) is 1.74. The quantitative estimate of drug-likeness (QED) is 0.554. The summed E-state index contributed by atoms with van der Waals surface area (Å²) in [7, 11) is 0. The summed E-state index contributed by atoms with van der Waals surface area (Å²) in [5.74, 6) is 0.283. The van der Waals surface area contributed by atoms with Gasteiger partial charge in [0.05, 0.1) is 12.5 Å². The molecule has 0 bridgehead atoms. The minimum absolute atomic E-state index is 0.227. The number of aromatic nitrogens is 2. The molecule has 52 valence electrons. The SMILES string of the molecule is [C-]#[N+]c1cc(CC#N)ncn1. The van der Waals surface area contributed by atoms with Gasteiger partial charge < -0.3 is 4.85 Å². The summed E-state index contributed by atoms with van der Waals surface area (Å²) in [6.07, 6.45) is 1.52. The van der Waals surface area contributed by atoms with Gasteiger partial charge in [0.2, 0.25) is 6.33 Å². The molecule has 0 N–H and O–H groups in total. The maximum absolute atomic E-state index is 8.30. The molecule has 1 aromatic heterocycles. The van der Waals surface area contributed by atoms with Crippen molar-refractivity contribution in [3.05, 3.63) is 29.5 Å². The number of hydrogen-bond acceptors (Lipinski definition) is 3. The highest BCUT2D eigenvalue weighted by atomic mass is 14.9. The van der Waals surface area contributed by atoms with Gasteiger partial charge in [0, 0.05) is 5.69 Å². The van der Waals surface area contributed by atoms with Crippen LogP contribution in [0.1, 0.15) is 5.69 Å². The fourth-order valence-corrected chi connectivity index (χ4v) is 0.625. The van der Waals surface area contributed by atoms with Crippen LogP contribution in [0.4, 0.5) is 5.82 Å². The average molecular weight is 144 g/mol. The van der Waals surface area contributed by atoms with Crippen molar-refractivity contribution in [2.45, 2.75) is 6.42 Å². The summed E-state index contributed by atoms with van der Waals surface area (Å²) in [6, 6.07) is 3.45. The van der Waals surface area contributed by atoms with E-state index in [0.717, 1.165) is 0 Å². The van der Waals surface area contributed by atoms with Crippen molar-refractivity contribution < 1.29 is 0 Å². The molecule has 0 aliphatic heterocycles. The lowest BCUT2D eigenvalue weighted by Crippen LogP contribution is -1.87. The predicted octanol–water partition coefficient (Wildman–Crippen LogP) is 1.09. The molecule has 0 saturated carbocycles. The highest BCUT2D eigenvalue weighted by Gasteiger charge is 1.96. The standard InChI is InChI=1S/C7H4N4/c1-9-7-4-6(2-3-8)10-5-11-7/h4-5H,2H2. The maximum atomic E-state index is 8.30. The van der Waals surface area contributed by atoms with Crippen LogP contribution in [0.25, 0.3) is 4.85 Å². The van der Waals surface area contributed by atoms with E-state index in [1.165, 1.54) is 12.4 Å². The van der Waals surface area contributed by atoms with Crippen molar-refractivity contribution in [2.75, 3.05) is 0 Å². The smallest absolute Gasteiger partial charge is 0.273 e. The molecule has 1 aromatic rings. The molecule has 0 aromatic carbocycles. The lowest BCUT2D eigenvalue weighted by Gasteiger charge is -1.89. The van der Waals surface area contributed by atoms with E-state index in [4.69, 9.17) is 11.8 Å². The predicted molar refractivity (Wildman–Crippen MR) is 37.6 cm³/mol. The summed E-state index contributed by atoms with van der Waals surface area (Å²) in [5.41, 5.74) is 0.591. The molecule has 1 heterocycles. The summed E-state index contributed by atoms with van der Waals surface area (Å²) in [5, 5.41) is 8.30. The normalized spacial score (nSPS) is 8.18. The summed E-state index contributed by atoms with van der Waals surface area (Å²) in [6.45, 7) is 6.62. The molecule has 0 aliphatic carbocycles. The maximum Gasteiger partial charge on any atom is 0.273 e. The second-order valence-electron chi connectivity index (χ2n) is 1.81. The van der Waals surface area contributed by atoms with Crippen LogP contribution in [-0.4, -0.2) is 9.97 Å². The Labute approximate surface area is 64.0 Å². The molecule has 0 fully saturated rings. The van der Waals surface area contributed by atoms with E-state index in [9.17, 15) is 0 Å². The Morgan fingerprint density at radius 1 is 1.64 bits per heavy atom. The minimum atomic E-state index is 0.227. The molecule has 11 heavy (non-hydrogen) atoms. The zero-order valence-electron chi connectivity index (χ0n) is 5.65. The first kappa shape index (κ1) is 7.17. The van der Waals surface area contributed by atoms with Crippen LogP contribution in [0.3, 0.4) is 0 Å². The van der Waals surface area contributed by atoms with Gasteiger partial charge in [-0.05, 0) is 6.07 Å². The van der Waals surface area contributed by atoms with Crippen LogP contribution in [-0.2, 0) is 6.42 Å². The van der Waals surface area contributed by atoms with E-state index in [1.807, 2.05) is 6.07 Å². The Kier molecular flexibility index (Phi) is 2.14. The van der Waals surface area contributed by atoms with E-state index >= 15 is 0 Å². The fourth-order valence-electron chi connectivity index (χ4n) is 0.625. The molecule has 1 rings (SSSR count). The Morgan fingerprint density at radius 3 is 3.09 bits per heavy atom. The molecule has 0 radical (unpaired) electrons. The first-order chi connectivity index (χ1) is 5.36. The van der Waals surface area contributed by atoms with Gasteiger partial charge in [-0.25, -0.2) is 4.98 Å². The zero-order valence-corrected chi connectivity index (χ0v) is 5.65. The summed E-state index contributed by atoms with van der Waals surface area (Å²) >= 11 is 0. The van der Waals surface area contributed by atoms with Crippen LogP contribution in [0.2, 0.25) is 0 Å². The minimum Gasteiger partial charge on any atom is -0.361 e. The number of nitriles is 1. The number of hydrogen-bond donors (Lipinski definition) is 0. The monoisotopic (exact) mass is 144 g/mol. The highest BCUT2D eigenvalue weighted by Crippen LogP contribution is 2.06. The molecule has 0 unspecified atom stereocenters. The van der Waals surface area contributed by atoms with Gasteiger partial charge in [0.1, 0.15) is 0 Å². The first-order valence-electron chi connectivity index (χ1n) is 2.92. The molecule has 4 heteroatoms. The van der Waals surface area contributed by atoms with Gasteiger partial charge in [0.25, 0.3) is 5.82 Å². The molecule has 0 spiro atoms. The van der Waals surface area contributed by atoms with Gasteiger partial charge in [-0.2, -0.15) is 5.26 Å². The van der Waals surface area contributed by atoms with Crippen molar-refractivity contribution in [3.8, 4) is 6.07 Å². The average Bonchev–Trinajstić information content (AvgIpc) is 2.06. The summed E-state index contributed by atoms with van der Waals surface area (Å²) in [4.78, 5) is 10.6. The molecular formula is C7H4N4. The number of nitrogens with zero attached hydrogens (tertiary/aromatic N) is 4. The van der Waals surface area contributed by atoms with Crippen LogP contribution in [0, 0.1) is 17.9 Å². The van der Waals surface area contributed by atoms with Crippen molar-refractivity contribution in [2.24, 2.45) is 0 Å². The van der Waals surface area contributed by atoms with E-state index in [0.29, 0.717) is 5.69 Å². The van der Waals surface area contributed by atoms with Crippen molar-refractivity contribution >= 4 is 5.82 Å². The van der Waals surface area contributed by atoms with Crippen molar-refractivity contribution in [1.29, 1.82) is 5.26 Å². The molecule has 0 atom stereocenters. The number of rotatable bonds is 1. The molecule has 0 aliphatic rings. The van der Waals surface area contributed by atoms with Crippen LogP contribution in [0.5, 0.6) is 0 Å². The lowest BCUT2D eigenvalue weighted by molar-refractivity contribution is 1.06. The van der Waals surface area contributed by atoms with Gasteiger partial charge >= 0.3 is 0 Å². The van der Waals surface area contributed by atoms with Crippen LogP contribution < -0.4 is 0 Å². The van der Waals surface area contributed by atoms with Crippen molar-refractivity contribution in [3.63, 3.8) is 0 Å². The van der Waals surface area contributed by atoms with Crippen LogP contribution >= 0.6 is 0 Å². The molecule has 0 amide bonds. The van der Waals surface area contributed by atoms with E-state index < -0.39 is 0 Å². The molecule has 0 saturated heterocycles. The fraction of sp³-hybridized carbons (Fsp3) is 0.143. The van der Waals surface area contributed by atoms with Crippen LogP contribution in [0.15, 0.2) is 12.4 Å². The molecular weight excluding hydrogens is 140 g/mol. The van der Waals surface area contributed by atoms with Crippen molar-refractivity contribution in [1.82, 2.24) is 9.97 Å². The second-order valence-corrected chi connectivity index (χ2v) is 1.81. The molecule has 4 nitrogen and oxygen atoms in total. The Balaban J connectivity index is 2.96. The third-order valence-electron chi connectivity index (χ3n) is 1.08.